The van der Waals surface area contributed by atoms with Gasteiger partial charge in [-0.25, -0.2) is 8.78 Å². The van der Waals surface area contributed by atoms with E-state index in [1.807, 2.05) is 0 Å². The van der Waals surface area contributed by atoms with Gasteiger partial charge in [0.2, 0.25) is 0 Å². The fraction of sp³-hybridized carbons (Fsp3) is 0.250. The van der Waals surface area contributed by atoms with Crippen molar-refractivity contribution >= 4 is 0 Å². The lowest BCUT2D eigenvalue weighted by molar-refractivity contribution is 0.579. The topological polar surface area (TPSA) is 38.0 Å². The van der Waals surface area contributed by atoms with Crippen LogP contribution < -0.4 is 11.3 Å². The van der Waals surface area contributed by atoms with Crippen LogP contribution in [0.2, 0.25) is 0 Å². The highest BCUT2D eigenvalue weighted by Gasteiger charge is 2.02. The van der Waals surface area contributed by atoms with Crippen LogP contribution in [0, 0.1) is 11.6 Å². The first-order valence-corrected chi connectivity index (χ1v) is 3.61. The predicted octanol–water partition coefficient (Wildman–Crippen LogP) is 0.971. The highest BCUT2D eigenvalue weighted by Crippen LogP contribution is 2.09. The Morgan fingerprint density at radius 1 is 1.33 bits per heavy atom. The molecular formula is C8H10F2N2. The summed E-state index contributed by atoms with van der Waals surface area (Å²) in [7, 11) is 0. The van der Waals surface area contributed by atoms with Crippen molar-refractivity contribution < 1.29 is 8.78 Å². The molecule has 0 spiro atoms. The second kappa shape index (κ2) is 4.13. The molecule has 0 saturated carbocycles. The number of hydrazine groups is 1. The molecule has 0 fully saturated rings. The summed E-state index contributed by atoms with van der Waals surface area (Å²) >= 11 is 0. The minimum Gasteiger partial charge on any atom is -0.271 e. The average Bonchev–Trinajstić information content (AvgIpc) is 2.07. The Balaban J connectivity index is 2.75. The minimum absolute atomic E-state index is 0.341. The molecule has 1 rings (SSSR count). The minimum atomic E-state index is -0.427. The van der Waals surface area contributed by atoms with E-state index in [9.17, 15) is 8.78 Å². The molecule has 66 valence electrons. The van der Waals surface area contributed by atoms with Gasteiger partial charge in [-0.05, 0) is 30.2 Å². The Morgan fingerprint density at radius 2 is 2.08 bits per heavy atom. The van der Waals surface area contributed by atoms with Crippen molar-refractivity contribution in [1.29, 1.82) is 0 Å². The van der Waals surface area contributed by atoms with E-state index >= 15 is 0 Å². The molecule has 0 aliphatic rings. The third kappa shape index (κ3) is 2.25. The van der Waals surface area contributed by atoms with Crippen molar-refractivity contribution in [3.63, 3.8) is 0 Å². The Kier molecular flexibility index (Phi) is 3.13. The number of hydrogen-bond donors (Lipinski definition) is 2. The van der Waals surface area contributed by atoms with Gasteiger partial charge in [-0.3, -0.25) is 11.3 Å². The summed E-state index contributed by atoms with van der Waals surface area (Å²) in [6.45, 7) is 0.431. The molecule has 1 aromatic rings. The molecule has 1 aromatic carbocycles. The highest BCUT2D eigenvalue weighted by atomic mass is 19.1. The third-order valence-corrected chi connectivity index (χ3v) is 1.55. The maximum Gasteiger partial charge on any atom is 0.126 e. The second-order valence-corrected chi connectivity index (χ2v) is 2.44. The molecule has 3 N–H and O–H groups in total. The zero-order valence-corrected chi connectivity index (χ0v) is 6.48. The molecule has 0 atom stereocenters. The van der Waals surface area contributed by atoms with E-state index in [2.05, 4.69) is 5.43 Å². The molecule has 0 aromatic heterocycles. The predicted molar refractivity (Wildman–Crippen MR) is 42.3 cm³/mol. The Labute approximate surface area is 69.4 Å². The van der Waals surface area contributed by atoms with Gasteiger partial charge in [0, 0.05) is 6.54 Å². The standard InChI is InChI=1S/C8H10F2N2/c9-7-1-2-8(10)6(5-7)3-4-12-11/h1-2,5,12H,3-4,11H2. The van der Waals surface area contributed by atoms with Gasteiger partial charge in [0.25, 0.3) is 0 Å². The maximum atomic E-state index is 12.9. The molecular weight excluding hydrogens is 162 g/mol. The van der Waals surface area contributed by atoms with Crippen molar-refractivity contribution in [1.82, 2.24) is 5.43 Å². The van der Waals surface area contributed by atoms with Crippen molar-refractivity contribution in [2.24, 2.45) is 5.84 Å². The molecule has 2 nitrogen and oxygen atoms in total. The second-order valence-electron chi connectivity index (χ2n) is 2.44. The fourth-order valence-corrected chi connectivity index (χ4v) is 0.942. The van der Waals surface area contributed by atoms with Crippen molar-refractivity contribution in [2.75, 3.05) is 6.54 Å². The van der Waals surface area contributed by atoms with E-state index in [0.29, 0.717) is 18.5 Å². The van der Waals surface area contributed by atoms with Gasteiger partial charge in [-0.1, -0.05) is 0 Å². The highest BCUT2D eigenvalue weighted by molar-refractivity contribution is 5.18. The normalized spacial score (nSPS) is 10.2. The zero-order valence-electron chi connectivity index (χ0n) is 6.48. The summed E-state index contributed by atoms with van der Waals surface area (Å²) in [5.74, 6) is 4.17. The van der Waals surface area contributed by atoms with E-state index < -0.39 is 11.6 Å². The summed E-state index contributed by atoms with van der Waals surface area (Å²) in [6, 6.07) is 3.38. The van der Waals surface area contributed by atoms with Crippen LogP contribution in [0.15, 0.2) is 18.2 Å². The van der Waals surface area contributed by atoms with Gasteiger partial charge in [0.1, 0.15) is 11.6 Å². The van der Waals surface area contributed by atoms with Gasteiger partial charge >= 0.3 is 0 Å². The first kappa shape index (κ1) is 9.09. The third-order valence-electron chi connectivity index (χ3n) is 1.55. The van der Waals surface area contributed by atoms with E-state index in [0.717, 1.165) is 12.1 Å². The first-order chi connectivity index (χ1) is 5.74. The lowest BCUT2D eigenvalue weighted by Crippen LogP contribution is -2.24. The quantitative estimate of drug-likeness (QED) is 0.526. The van der Waals surface area contributed by atoms with Gasteiger partial charge in [-0.15, -0.1) is 0 Å². The van der Waals surface area contributed by atoms with Crippen molar-refractivity contribution in [3.8, 4) is 0 Å². The van der Waals surface area contributed by atoms with Gasteiger partial charge in [0.05, 0.1) is 0 Å². The fourth-order valence-electron chi connectivity index (χ4n) is 0.942. The molecule has 0 radical (unpaired) electrons. The molecule has 0 aliphatic heterocycles. The number of hydrogen-bond acceptors (Lipinski definition) is 2. The number of halogens is 2. The van der Waals surface area contributed by atoms with E-state index in [-0.39, 0.29) is 0 Å². The molecule has 0 aliphatic carbocycles. The van der Waals surface area contributed by atoms with Gasteiger partial charge < -0.3 is 0 Å². The molecule has 0 amide bonds. The Hall–Kier alpha value is -1.00. The molecule has 4 heteroatoms. The first-order valence-electron chi connectivity index (χ1n) is 3.61. The lowest BCUT2D eigenvalue weighted by atomic mass is 10.1. The van der Waals surface area contributed by atoms with E-state index in [1.165, 1.54) is 6.07 Å². The lowest BCUT2D eigenvalue weighted by Gasteiger charge is -2.01. The summed E-state index contributed by atoms with van der Waals surface area (Å²) in [6.07, 6.45) is 0.389. The van der Waals surface area contributed by atoms with Crippen LogP contribution in [0.3, 0.4) is 0 Å². The number of benzene rings is 1. The monoisotopic (exact) mass is 172 g/mol. The van der Waals surface area contributed by atoms with Crippen LogP contribution >= 0.6 is 0 Å². The van der Waals surface area contributed by atoms with Crippen LogP contribution in [0.4, 0.5) is 8.78 Å². The zero-order chi connectivity index (χ0) is 8.97. The smallest absolute Gasteiger partial charge is 0.126 e. The largest absolute Gasteiger partial charge is 0.271 e. The number of rotatable bonds is 3. The van der Waals surface area contributed by atoms with Gasteiger partial charge in [-0.2, -0.15) is 0 Å². The van der Waals surface area contributed by atoms with Crippen LogP contribution in [-0.2, 0) is 6.42 Å². The summed E-state index contributed by atoms with van der Waals surface area (Å²) in [5, 5.41) is 0. The van der Waals surface area contributed by atoms with E-state index in [4.69, 9.17) is 5.84 Å². The Bertz CT molecular complexity index is 263. The van der Waals surface area contributed by atoms with Crippen LogP contribution in [-0.4, -0.2) is 6.54 Å². The molecule has 0 unspecified atom stereocenters. The van der Waals surface area contributed by atoms with Crippen LogP contribution in [0.25, 0.3) is 0 Å². The molecule has 0 heterocycles. The van der Waals surface area contributed by atoms with Crippen LogP contribution in [0.1, 0.15) is 5.56 Å². The van der Waals surface area contributed by atoms with Crippen LogP contribution in [0.5, 0.6) is 0 Å². The number of nitrogens with one attached hydrogen (secondary N) is 1. The van der Waals surface area contributed by atoms with Crippen molar-refractivity contribution in [3.05, 3.63) is 35.4 Å². The SMILES string of the molecule is NNCCc1cc(F)ccc1F. The molecule has 0 bridgehead atoms. The summed E-state index contributed by atoms with van der Waals surface area (Å²) < 4.78 is 25.4. The number of nitrogens with two attached hydrogens (primary N) is 1. The molecule has 0 saturated heterocycles. The average molecular weight is 172 g/mol. The maximum absolute atomic E-state index is 12.9. The summed E-state index contributed by atoms with van der Waals surface area (Å²) in [4.78, 5) is 0. The van der Waals surface area contributed by atoms with Crippen molar-refractivity contribution in [2.45, 2.75) is 6.42 Å². The summed E-state index contributed by atoms with van der Waals surface area (Å²) in [5.41, 5.74) is 2.71. The van der Waals surface area contributed by atoms with Gasteiger partial charge in [0.15, 0.2) is 0 Å². The van der Waals surface area contributed by atoms with E-state index in [1.54, 1.807) is 0 Å². The Morgan fingerprint density at radius 3 is 2.75 bits per heavy atom. The molecule has 12 heavy (non-hydrogen) atoms.